The number of benzene rings is 2. The summed E-state index contributed by atoms with van der Waals surface area (Å²) in [6.45, 7) is 5.77. The summed E-state index contributed by atoms with van der Waals surface area (Å²) in [6.07, 6.45) is 0. The fraction of sp³-hybridized carbons (Fsp3) is 0.304. The molecule has 1 fully saturated rings. The summed E-state index contributed by atoms with van der Waals surface area (Å²) < 4.78 is 33.0. The first-order valence-electron chi connectivity index (χ1n) is 10.4. The van der Waals surface area contributed by atoms with Gasteiger partial charge in [-0.1, -0.05) is 29.8 Å². The Morgan fingerprint density at radius 1 is 0.938 bits per heavy atom. The highest BCUT2D eigenvalue weighted by Crippen LogP contribution is 2.28. The van der Waals surface area contributed by atoms with Crippen molar-refractivity contribution < 1.29 is 13.2 Å². The number of nitrogens with zero attached hydrogens (tertiary/aromatic N) is 4. The molecule has 0 unspecified atom stereocenters. The van der Waals surface area contributed by atoms with Gasteiger partial charge in [0.2, 0.25) is 16.0 Å². The monoisotopic (exact) mass is 453 g/mol. The highest BCUT2D eigenvalue weighted by Gasteiger charge is 2.31. The predicted molar refractivity (Wildman–Crippen MR) is 125 cm³/mol. The van der Waals surface area contributed by atoms with Gasteiger partial charge in [0.05, 0.1) is 7.11 Å². The summed E-state index contributed by atoms with van der Waals surface area (Å²) in [5, 5.41) is 3.25. The highest BCUT2D eigenvalue weighted by atomic mass is 32.2. The number of sulfonamides is 1. The summed E-state index contributed by atoms with van der Waals surface area (Å²) in [4.78, 5) is 11.4. The predicted octanol–water partition coefficient (Wildman–Crippen LogP) is 3.36. The Morgan fingerprint density at radius 2 is 1.62 bits per heavy atom. The second-order valence-corrected chi connectivity index (χ2v) is 9.63. The van der Waals surface area contributed by atoms with Crippen LogP contribution in [0.25, 0.3) is 0 Å². The maximum absolute atomic E-state index is 13.1. The van der Waals surface area contributed by atoms with E-state index in [4.69, 9.17) is 4.74 Å². The summed E-state index contributed by atoms with van der Waals surface area (Å²) >= 11 is 0. The molecular weight excluding hydrogens is 426 g/mol. The fourth-order valence-corrected chi connectivity index (χ4v) is 5.24. The Morgan fingerprint density at radius 3 is 2.31 bits per heavy atom. The van der Waals surface area contributed by atoms with Crippen LogP contribution in [0.4, 0.5) is 17.5 Å². The third-order valence-corrected chi connectivity index (χ3v) is 7.34. The Balaban J connectivity index is 1.48. The van der Waals surface area contributed by atoms with E-state index in [-0.39, 0.29) is 4.90 Å². The number of hydrogen-bond acceptors (Lipinski definition) is 7. The first-order valence-corrected chi connectivity index (χ1v) is 11.9. The third kappa shape index (κ3) is 4.68. The topological polar surface area (TPSA) is 87.7 Å². The van der Waals surface area contributed by atoms with Crippen LogP contribution in [0.15, 0.2) is 59.5 Å². The number of piperazine rings is 1. The Kier molecular flexibility index (Phi) is 6.29. The van der Waals surface area contributed by atoms with Crippen LogP contribution in [0.1, 0.15) is 11.3 Å². The van der Waals surface area contributed by atoms with Crippen molar-refractivity contribution in [2.45, 2.75) is 18.7 Å². The number of para-hydroxylation sites is 1. The molecule has 2 heterocycles. The van der Waals surface area contributed by atoms with Crippen LogP contribution in [0, 0.1) is 13.8 Å². The minimum absolute atomic E-state index is 0.193. The minimum Gasteiger partial charge on any atom is -0.495 e. The van der Waals surface area contributed by atoms with E-state index in [2.05, 4.69) is 20.2 Å². The van der Waals surface area contributed by atoms with Crippen molar-refractivity contribution in [2.24, 2.45) is 0 Å². The average Bonchev–Trinajstić information content (AvgIpc) is 2.80. The summed E-state index contributed by atoms with van der Waals surface area (Å²) in [5.41, 5.74) is 2.94. The first-order chi connectivity index (χ1) is 15.4. The number of aryl methyl sites for hydroxylation is 2. The number of aromatic nitrogens is 2. The largest absolute Gasteiger partial charge is 0.495 e. The van der Waals surface area contributed by atoms with Gasteiger partial charge in [0.1, 0.15) is 16.5 Å². The second-order valence-electron chi connectivity index (χ2n) is 7.72. The molecule has 0 radical (unpaired) electrons. The molecule has 2 aromatic carbocycles. The number of rotatable bonds is 6. The quantitative estimate of drug-likeness (QED) is 0.612. The van der Waals surface area contributed by atoms with E-state index in [1.54, 1.807) is 24.3 Å². The van der Waals surface area contributed by atoms with E-state index < -0.39 is 10.0 Å². The zero-order chi connectivity index (χ0) is 22.7. The molecule has 0 amide bonds. The molecule has 168 valence electrons. The molecule has 9 heteroatoms. The first kappa shape index (κ1) is 22.0. The molecule has 1 aromatic heterocycles. The van der Waals surface area contributed by atoms with Crippen molar-refractivity contribution >= 4 is 27.5 Å². The van der Waals surface area contributed by atoms with Crippen LogP contribution in [-0.4, -0.2) is 56.0 Å². The van der Waals surface area contributed by atoms with Crippen LogP contribution >= 0.6 is 0 Å². The standard InChI is InChI=1S/C23H27N5O3S/c1-17-8-10-19(11-9-17)25-23-24-18(2)16-22(26-23)27-12-14-28(15-13-27)32(29,30)21-7-5-4-6-20(21)31-3/h4-11,16H,12-15H2,1-3H3,(H,24,25,26). The zero-order valence-corrected chi connectivity index (χ0v) is 19.3. The lowest BCUT2D eigenvalue weighted by Crippen LogP contribution is -2.49. The number of ether oxygens (including phenoxy) is 1. The summed E-state index contributed by atoms with van der Waals surface area (Å²) in [7, 11) is -2.16. The zero-order valence-electron chi connectivity index (χ0n) is 18.4. The summed E-state index contributed by atoms with van der Waals surface area (Å²) in [5.74, 6) is 1.66. The molecule has 0 bridgehead atoms. The van der Waals surface area contributed by atoms with Gasteiger partial charge >= 0.3 is 0 Å². The van der Waals surface area contributed by atoms with Crippen LogP contribution in [0.5, 0.6) is 5.75 Å². The van der Waals surface area contributed by atoms with Gasteiger partial charge in [0.25, 0.3) is 0 Å². The van der Waals surface area contributed by atoms with Gasteiger partial charge < -0.3 is 15.0 Å². The van der Waals surface area contributed by atoms with E-state index in [0.717, 1.165) is 17.2 Å². The van der Waals surface area contributed by atoms with Crippen molar-refractivity contribution in [1.29, 1.82) is 0 Å². The molecule has 3 aromatic rings. The normalized spacial score (nSPS) is 14.9. The lowest BCUT2D eigenvalue weighted by molar-refractivity contribution is 0.373. The molecule has 4 rings (SSSR count). The molecule has 1 saturated heterocycles. The Labute approximate surface area is 188 Å². The van der Waals surface area contributed by atoms with E-state index in [9.17, 15) is 8.42 Å². The van der Waals surface area contributed by atoms with Crippen LogP contribution < -0.4 is 15.0 Å². The maximum atomic E-state index is 13.1. The van der Waals surface area contributed by atoms with Gasteiger partial charge in [-0.25, -0.2) is 13.4 Å². The van der Waals surface area contributed by atoms with Crippen molar-refractivity contribution in [1.82, 2.24) is 14.3 Å². The molecular formula is C23H27N5O3S. The minimum atomic E-state index is -3.63. The van der Waals surface area contributed by atoms with Crippen molar-refractivity contribution in [3.8, 4) is 5.75 Å². The van der Waals surface area contributed by atoms with Gasteiger partial charge in [-0.3, -0.25) is 0 Å². The molecule has 1 aliphatic heterocycles. The molecule has 0 atom stereocenters. The second kappa shape index (κ2) is 9.13. The Bertz CT molecular complexity index is 1190. The van der Waals surface area contributed by atoms with Crippen LogP contribution in [0.3, 0.4) is 0 Å². The molecule has 0 spiro atoms. The molecule has 32 heavy (non-hydrogen) atoms. The fourth-order valence-electron chi connectivity index (χ4n) is 3.66. The lowest BCUT2D eigenvalue weighted by atomic mass is 10.2. The molecule has 0 aliphatic carbocycles. The van der Waals surface area contributed by atoms with Crippen molar-refractivity contribution in [2.75, 3.05) is 43.5 Å². The molecule has 1 aliphatic rings. The van der Waals surface area contributed by atoms with Crippen molar-refractivity contribution in [3.05, 3.63) is 65.9 Å². The number of methoxy groups -OCH3 is 1. The number of anilines is 3. The number of nitrogens with one attached hydrogen (secondary N) is 1. The van der Waals surface area contributed by atoms with Gasteiger partial charge in [0.15, 0.2) is 0 Å². The summed E-state index contributed by atoms with van der Waals surface area (Å²) in [6, 6.07) is 16.7. The molecule has 8 nitrogen and oxygen atoms in total. The number of hydrogen-bond donors (Lipinski definition) is 1. The smallest absolute Gasteiger partial charge is 0.246 e. The SMILES string of the molecule is COc1ccccc1S(=O)(=O)N1CCN(c2cc(C)nc(Nc3ccc(C)cc3)n2)CC1. The van der Waals surface area contributed by atoms with Crippen molar-refractivity contribution in [3.63, 3.8) is 0 Å². The molecule has 1 N–H and O–H groups in total. The van der Waals surface area contributed by atoms with E-state index in [1.165, 1.54) is 17.0 Å². The van der Waals surface area contributed by atoms with E-state index in [0.29, 0.717) is 37.9 Å². The highest BCUT2D eigenvalue weighted by molar-refractivity contribution is 7.89. The van der Waals surface area contributed by atoms with Gasteiger partial charge in [-0.2, -0.15) is 9.29 Å². The third-order valence-electron chi connectivity index (χ3n) is 5.40. The van der Waals surface area contributed by atoms with Gasteiger partial charge in [-0.15, -0.1) is 0 Å². The lowest BCUT2D eigenvalue weighted by Gasteiger charge is -2.35. The van der Waals surface area contributed by atoms with Gasteiger partial charge in [-0.05, 0) is 38.1 Å². The van der Waals surface area contributed by atoms with Crippen LogP contribution in [-0.2, 0) is 10.0 Å². The van der Waals surface area contributed by atoms with E-state index in [1.807, 2.05) is 44.2 Å². The maximum Gasteiger partial charge on any atom is 0.246 e. The van der Waals surface area contributed by atoms with Crippen LogP contribution in [0.2, 0.25) is 0 Å². The molecule has 0 saturated carbocycles. The Hall–Kier alpha value is -3.17. The van der Waals surface area contributed by atoms with Gasteiger partial charge in [0, 0.05) is 43.6 Å². The average molecular weight is 454 g/mol. The van der Waals surface area contributed by atoms with E-state index >= 15 is 0 Å².